The molecule has 0 unspecified atom stereocenters. The Balaban J connectivity index is 1.73. The summed E-state index contributed by atoms with van der Waals surface area (Å²) in [6.07, 6.45) is 5.58. The fourth-order valence-corrected chi connectivity index (χ4v) is 3.26. The van der Waals surface area contributed by atoms with Crippen LogP contribution >= 0.6 is 0 Å². The van der Waals surface area contributed by atoms with Crippen LogP contribution in [0, 0.1) is 0 Å². The van der Waals surface area contributed by atoms with Gasteiger partial charge >= 0.3 is 0 Å². The van der Waals surface area contributed by atoms with Crippen LogP contribution in [0.15, 0.2) is 48.5 Å². The SMILES string of the molecule is COc1cccc(C(=O)Nc2ccccc2C(=O)NC2CCCCC2)c1. The minimum absolute atomic E-state index is 0.140. The minimum atomic E-state index is -0.276. The molecule has 2 amide bonds. The Kier molecular flexibility index (Phi) is 5.89. The van der Waals surface area contributed by atoms with Crippen LogP contribution in [0.5, 0.6) is 5.75 Å². The van der Waals surface area contributed by atoms with Crippen LogP contribution < -0.4 is 15.4 Å². The van der Waals surface area contributed by atoms with Crippen molar-refractivity contribution in [1.29, 1.82) is 0 Å². The normalized spacial score (nSPS) is 14.5. The highest BCUT2D eigenvalue weighted by Crippen LogP contribution is 2.21. The number of hydrogen-bond donors (Lipinski definition) is 2. The molecular weight excluding hydrogens is 328 g/mol. The van der Waals surface area contributed by atoms with Gasteiger partial charge in [0.15, 0.2) is 0 Å². The highest BCUT2D eigenvalue weighted by molar-refractivity contribution is 6.09. The van der Waals surface area contributed by atoms with Gasteiger partial charge in [0.2, 0.25) is 0 Å². The van der Waals surface area contributed by atoms with Gasteiger partial charge < -0.3 is 15.4 Å². The highest BCUT2D eigenvalue weighted by atomic mass is 16.5. The smallest absolute Gasteiger partial charge is 0.255 e. The number of nitrogens with one attached hydrogen (secondary N) is 2. The van der Waals surface area contributed by atoms with Gasteiger partial charge in [0, 0.05) is 11.6 Å². The summed E-state index contributed by atoms with van der Waals surface area (Å²) in [4.78, 5) is 25.2. The van der Waals surface area contributed by atoms with Gasteiger partial charge in [0.25, 0.3) is 11.8 Å². The van der Waals surface area contributed by atoms with Crippen molar-refractivity contribution in [3.05, 3.63) is 59.7 Å². The number of hydrogen-bond acceptors (Lipinski definition) is 3. The number of carbonyl (C=O) groups excluding carboxylic acids is 2. The molecule has 1 aliphatic carbocycles. The van der Waals surface area contributed by atoms with Crippen LogP contribution in [0.4, 0.5) is 5.69 Å². The summed E-state index contributed by atoms with van der Waals surface area (Å²) in [5.41, 5.74) is 1.47. The molecular formula is C21H24N2O3. The molecule has 0 heterocycles. The number of benzene rings is 2. The Morgan fingerprint density at radius 2 is 1.73 bits per heavy atom. The molecule has 26 heavy (non-hydrogen) atoms. The number of amides is 2. The molecule has 1 aliphatic rings. The van der Waals surface area contributed by atoms with Crippen molar-refractivity contribution in [2.75, 3.05) is 12.4 Å². The number of ether oxygens (including phenoxy) is 1. The Morgan fingerprint density at radius 3 is 2.50 bits per heavy atom. The Bertz CT molecular complexity index is 782. The molecule has 5 nitrogen and oxygen atoms in total. The van der Waals surface area contributed by atoms with E-state index in [1.165, 1.54) is 6.42 Å². The molecule has 3 rings (SSSR count). The zero-order chi connectivity index (χ0) is 18.4. The molecule has 0 atom stereocenters. The number of carbonyl (C=O) groups is 2. The van der Waals surface area contributed by atoms with Crippen molar-refractivity contribution in [2.45, 2.75) is 38.1 Å². The van der Waals surface area contributed by atoms with E-state index in [1.54, 1.807) is 55.6 Å². The predicted molar refractivity (Wildman–Crippen MR) is 102 cm³/mol. The van der Waals surface area contributed by atoms with Gasteiger partial charge in [0.05, 0.1) is 18.4 Å². The first kappa shape index (κ1) is 18.0. The average molecular weight is 352 g/mol. The fourth-order valence-electron chi connectivity index (χ4n) is 3.26. The topological polar surface area (TPSA) is 67.4 Å². The van der Waals surface area contributed by atoms with Gasteiger partial charge in [-0.15, -0.1) is 0 Å². The number of anilines is 1. The molecule has 0 aromatic heterocycles. The van der Waals surface area contributed by atoms with Crippen LogP contribution in [0.3, 0.4) is 0 Å². The predicted octanol–water partition coefficient (Wildman–Crippen LogP) is 4.01. The molecule has 1 saturated carbocycles. The van der Waals surface area contributed by atoms with Crippen molar-refractivity contribution < 1.29 is 14.3 Å². The summed E-state index contributed by atoms with van der Waals surface area (Å²) in [6.45, 7) is 0. The maximum Gasteiger partial charge on any atom is 0.255 e. The number of rotatable bonds is 5. The van der Waals surface area contributed by atoms with E-state index in [0.717, 1.165) is 25.7 Å². The van der Waals surface area contributed by atoms with Crippen molar-refractivity contribution in [3.63, 3.8) is 0 Å². The van der Waals surface area contributed by atoms with Crippen LogP contribution in [-0.4, -0.2) is 25.0 Å². The lowest BCUT2D eigenvalue weighted by Gasteiger charge is -2.23. The van der Waals surface area contributed by atoms with Crippen molar-refractivity contribution in [3.8, 4) is 5.75 Å². The van der Waals surface area contributed by atoms with Gasteiger partial charge in [-0.25, -0.2) is 0 Å². The van der Waals surface area contributed by atoms with E-state index in [-0.39, 0.29) is 17.9 Å². The molecule has 0 radical (unpaired) electrons. The van der Waals surface area contributed by atoms with Gasteiger partial charge in [-0.3, -0.25) is 9.59 Å². The molecule has 5 heteroatoms. The number of methoxy groups -OCH3 is 1. The third-order valence-corrected chi connectivity index (χ3v) is 4.69. The van der Waals surface area contributed by atoms with Crippen LogP contribution in [0.2, 0.25) is 0 Å². The maximum atomic E-state index is 12.7. The Labute approximate surface area is 153 Å². The standard InChI is InChI=1S/C21H24N2O3/c1-26-17-11-7-8-15(14-17)20(24)23-19-13-6-5-12-18(19)21(25)22-16-9-3-2-4-10-16/h5-8,11-14,16H,2-4,9-10H2,1H3,(H,22,25)(H,23,24). The first-order valence-corrected chi connectivity index (χ1v) is 9.02. The third-order valence-electron chi connectivity index (χ3n) is 4.69. The molecule has 2 aromatic rings. The summed E-state index contributed by atoms with van der Waals surface area (Å²) in [7, 11) is 1.56. The molecule has 0 bridgehead atoms. The Hall–Kier alpha value is -2.82. The molecule has 2 N–H and O–H groups in total. The van der Waals surface area contributed by atoms with E-state index in [2.05, 4.69) is 10.6 Å². The third kappa shape index (κ3) is 4.42. The summed E-state index contributed by atoms with van der Waals surface area (Å²) in [5.74, 6) is 0.196. The van der Waals surface area contributed by atoms with Gasteiger partial charge in [-0.05, 0) is 43.2 Å². The van der Waals surface area contributed by atoms with Gasteiger partial charge in [0.1, 0.15) is 5.75 Å². The Morgan fingerprint density at radius 1 is 0.962 bits per heavy atom. The second-order valence-corrected chi connectivity index (χ2v) is 6.54. The lowest BCUT2D eigenvalue weighted by molar-refractivity contribution is 0.0928. The monoisotopic (exact) mass is 352 g/mol. The molecule has 2 aromatic carbocycles. The van der Waals surface area contributed by atoms with E-state index in [1.807, 2.05) is 0 Å². The molecule has 0 spiro atoms. The van der Waals surface area contributed by atoms with E-state index >= 15 is 0 Å². The summed E-state index contributed by atoms with van der Waals surface area (Å²) in [5, 5.41) is 5.94. The van der Waals surface area contributed by atoms with Gasteiger partial charge in [-0.1, -0.05) is 37.5 Å². The van der Waals surface area contributed by atoms with Crippen molar-refractivity contribution in [1.82, 2.24) is 5.32 Å². The van der Waals surface area contributed by atoms with Crippen molar-refractivity contribution in [2.24, 2.45) is 0 Å². The molecule has 0 aliphatic heterocycles. The first-order chi connectivity index (χ1) is 12.7. The fraction of sp³-hybridized carbons (Fsp3) is 0.333. The highest BCUT2D eigenvalue weighted by Gasteiger charge is 2.19. The second-order valence-electron chi connectivity index (χ2n) is 6.54. The van der Waals surface area contributed by atoms with E-state index in [4.69, 9.17) is 4.74 Å². The largest absolute Gasteiger partial charge is 0.497 e. The van der Waals surface area contributed by atoms with E-state index < -0.39 is 0 Å². The van der Waals surface area contributed by atoms with Crippen LogP contribution in [0.1, 0.15) is 52.8 Å². The first-order valence-electron chi connectivity index (χ1n) is 9.02. The molecule has 136 valence electrons. The van der Waals surface area contributed by atoms with Gasteiger partial charge in [-0.2, -0.15) is 0 Å². The van der Waals surface area contributed by atoms with E-state index in [9.17, 15) is 9.59 Å². The van der Waals surface area contributed by atoms with E-state index in [0.29, 0.717) is 22.6 Å². The maximum absolute atomic E-state index is 12.7. The average Bonchev–Trinajstić information content (AvgIpc) is 2.69. The summed E-state index contributed by atoms with van der Waals surface area (Å²) in [6, 6.07) is 14.2. The quantitative estimate of drug-likeness (QED) is 0.854. The van der Waals surface area contributed by atoms with Crippen LogP contribution in [-0.2, 0) is 0 Å². The number of para-hydroxylation sites is 1. The molecule has 0 saturated heterocycles. The second kappa shape index (κ2) is 8.52. The van der Waals surface area contributed by atoms with Crippen LogP contribution in [0.25, 0.3) is 0 Å². The summed E-state index contributed by atoms with van der Waals surface area (Å²) >= 11 is 0. The zero-order valence-electron chi connectivity index (χ0n) is 15.0. The minimum Gasteiger partial charge on any atom is -0.497 e. The zero-order valence-corrected chi connectivity index (χ0v) is 15.0. The lowest BCUT2D eigenvalue weighted by atomic mass is 9.95. The lowest BCUT2D eigenvalue weighted by Crippen LogP contribution is -2.36. The molecule has 1 fully saturated rings. The van der Waals surface area contributed by atoms with Crippen molar-refractivity contribution >= 4 is 17.5 Å². The summed E-state index contributed by atoms with van der Waals surface area (Å²) < 4.78 is 5.16.